The van der Waals surface area contributed by atoms with Crippen molar-refractivity contribution in [3.63, 3.8) is 0 Å². The fraction of sp³-hybridized carbons (Fsp3) is 0.643. The van der Waals surface area contributed by atoms with Crippen LogP contribution in [0.15, 0.2) is 23.2 Å². The number of hydrogen-bond acceptors (Lipinski definition) is 5. The second kappa shape index (κ2) is 7.20. The molecule has 2 N–H and O–H groups in total. The van der Waals surface area contributed by atoms with Gasteiger partial charge in [0.05, 0.1) is 0 Å². The first kappa shape index (κ1) is 16.2. The van der Waals surface area contributed by atoms with Crippen molar-refractivity contribution >= 4 is 15.8 Å². The molecule has 1 aromatic heterocycles. The van der Waals surface area contributed by atoms with E-state index < -0.39 is 10.0 Å². The Hall–Kier alpha value is -1.18. The van der Waals surface area contributed by atoms with Crippen molar-refractivity contribution in [3.8, 4) is 0 Å². The van der Waals surface area contributed by atoms with Crippen LogP contribution < -0.4 is 5.32 Å². The SMILES string of the molecule is CCCNc1ncccc1S(=O)(=O)N1CCCC(CO)C1. The molecule has 1 aromatic rings. The van der Waals surface area contributed by atoms with Gasteiger partial charge in [-0.1, -0.05) is 6.92 Å². The van der Waals surface area contributed by atoms with Gasteiger partial charge in [0.15, 0.2) is 0 Å². The molecular formula is C14H23N3O3S. The highest BCUT2D eigenvalue weighted by atomic mass is 32.2. The van der Waals surface area contributed by atoms with Gasteiger partial charge >= 0.3 is 0 Å². The minimum absolute atomic E-state index is 0.0252. The van der Waals surface area contributed by atoms with E-state index in [1.807, 2.05) is 6.92 Å². The molecule has 1 saturated heterocycles. The lowest BCUT2D eigenvalue weighted by Gasteiger charge is -2.31. The summed E-state index contributed by atoms with van der Waals surface area (Å²) < 4.78 is 27.1. The van der Waals surface area contributed by atoms with Crippen molar-refractivity contribution in [2.75, 3.05) is 31.6 Å². The zero-order valence-electron chi connectivity index (χ0n) is 12.3. The van der Waals surface area contributed by atoms with Crippen LogP contribution in [0.1, 0.15) is 26.2 Å². The molecule has 1 aliphatic rings. The Kier molecular flexibility index (Phi) is 5.55. The van der Waals surface area contributed by atoms with E-state index in [2.05, 4.69) is 10.3 Å². The molecule has 1 atom stereocenters. The smallest absolute Gasteiger partial charge is 0.246 e. The predicted octanol–water partition coefficient (Wildman–Crippen LogP) is 1.30. The third kappa shape index (κ3) is 3.72. The predicted molar refractivity (Wildman–Crippen MR) is 81.6 cm³/mol. The number of anilines is 1. The average Bonchev–Trinajstić information content (AvgIpc) is 2.53. The molecular weight excluding hydrogens is 290 g/mol. The molecule has 0 spiro atoms. The van der Waals surface area contributed by atoms with Gasteiger partial charge in [-0.3, -0.25) is 0 Å². The van der Waals surface area contributed by atoms with Crippen molar-refractivity contribution in [3.05, 3.63) is 18.3 Å². The number of sulfonamides is 1. The summed E-state index contributed by atoms with van der Waals surface area (Å²) in [7, 11) is -3.57. The Morgan fingerprint density at radius 2 is 2.33 bits per heavy atom. The highest BCUT2D eigenvalue weighted by molar-refractivity contribution is 7.89. The summed E-state index contributed by atoms with van der Waals surface area (Å²) in [5, 5.41) is 12.3. The average molecular weight is 313 g/mol. The highest BCUT2D eigenvalue weighted by Gasteiger charge is 2.31. The number of rotatable bonds is 6. The Labute approximate surface area is 126 Å². The topological polar surface area (TPSA) is 82.5 Å². The maximum absolute atomic E-state index is 12.8. The maximum atomic E-state index is 12.8. The quantitative estimate of drug-likeness (QED) is 0.827. The lowest BCUT2D eigenvalue weighted by Crippen LogP contribution is -2.41. The van der Waals surface area contributed by atoms with Crippen LogP contribution in [-0.4, -0.2) is 49.1 Å². The zero-order valence-corrected chi connectivity index (χ0v) is 13.1. The van der Waals surface area contributed by atoms with Crippen molar-refractivity contribution < 1.29 is 13.5 Å². The van der Waals surface area contributed by atoms with Crippen molar-refractivity contribution in [2.24, 2.45) is 5.92 Å². The minimum Gasteiger partial charge on any atom is -0.396 e. The number of nitrogens with zero attached hydrogens (tertiary/aromatic N) is 2. The van der Waals surface area contributed by atoms with Crippen molar-refractivity contribution in [1.82, 2.24) is 9.29 Å². The van der Waals surface area contributed by atoms with E-state index in [9.17, 15) is 13.5 Å². The van der Waals surface area contributed by atoms with Crippen LogP contribution >= 0.6 is 0 Å². The molecule has 0 aromatic carbocycles. The van der Waals surface area contributed by atoms with Gasteiger partial charge in [0, 0.05) is 32.4 Å². The number of hydrogen-bond donors (Lipinski definition) is 2. The van der Waals surface area contributed by atoms with Crippen LogP contribution in [0.4, 0.5) is 5.82 Å². The van der Waals surface area contributed by atoms with Gasteiger partial charge in [-0.25, -0.2) is 13.4 Å². The van der Waals surface area contributed by atoms with Crippen LogP contribution in [0.25, 0.3) is 0 Å². The van der Waals surface area contributed by atoms with Crippen LogP contribution in [-0.2, 0) is 10.0 Å². The summed E-state index contributed by atoms with van der Waals surface area (Å²) in [5.74, 6) is 0.433. The highest BCUT2D eigenvalue weighted by Crippen LogP contribution is 2.26. The molecule has 0 bridgehead atoms. The van der Waals surface area contributed by atoms with Gasteiger partial charge in [0.25, 0.3) is 0 Å². The van der Waals surface area contributed by atoms with Gasteiger partial charge in [0.2, 0.25) is 10.0 Å². The van der Waals surface area contributed by atoms with E-state index in [1.54, 1.807) is 18.3 Å². The van der Waals surface area contributed by atoms with Gasteiger partial charge < -0.3 is 10.4 Å². The fourth-order valence-electron chi connectivity index (χ4n) is 2.51. The van der Waals surface area contributed by atoms with Gasteiger partial charge in [0.1, 0.15) is 10.7 Å². The molecule has 7 heteroatoms. The molecule has 1 aliphatic heterocycles. The Morgan fingerprint density at radius 3 is 3.05 bits per heavy atom. The Bertz CT molecular complexity index is 562. The fourth-order valence-corrected chi connectivity index (χ4v) is 4.18. The summed E-state index contributed by atoms with van der Waals surface area (Å²) in [4.78, 5) is 4.37. The second-order valence-corrected chi connectivity index (χ2v) is 7.24. The monoisotopic (exact) mass is 313 g/mol. The van der Waals surface area contributed by atoms with Crippen LogP contribution in [0.3, 0.4) is 0 Å². The van der Waals surface area contributed by atoms with Gasteiger partial charge in [-0.05, 0) is 37.3 Å². The molecule has 0 radical (unpaired) electrons. The molecule has 2 heterocycles. The lowest BCUT2D eigenvalue weighted by molar-refractivity contribution is 0.165. The second-order valence-electron chi connectivity index (χ2n) is 5.33. The number of aliphatic hydroxyl groups is 1. The van der Waals surface area contributed by atoms with E-state index in [-0.39, 0.29) is 17.4 Å². The Balaban J connectivity index is 2.26. The molecule has 0 amide bonds. The van der Waals surface area contributed by atoms with Gasteiger partial charge in [-0.2, -0.15) is 4.31 Å². The number of pyridine rings is 1. The maximum Gasteiger partial charge on any atom is 0.246 e. The van der Waals surface area contributed by atoms with E-state index >= 15 is 0 Å². The minimum atomic E-state index is -3.57. The third-order valence-corrected chi connectivity index (χ3v) is 5.57. The van der Waals surface area contributed by atoms with Gasteiger partial charge in [-0.15, -0.1) is 0 Å². The normalized spacial score (nSPS) is 20.4. The molecule has 21 heavy (non-hydrogen) atoms. The number of piperidine rings is 1. The number of aliphatic hydroxyl groups excluding tert-OH is 1. The molecule has 118 valence electrons. The van der Waals surface area contributed by atoms with E-state index in [0.717, 1.165) is 19.3 Å². The summed E-state index contributed by atoms with van der Waals surface area (Å²) in [6.07, 6.45) is 4.13. The molecule has 6 nitrogen and oxygen atoms in total. The van der Waals surface area contributed by atoms with E-state index in [4.69, 9.17) is 0 Å². The lowest BCUT2D eigenvalue weighted by atomic mass is 10.0. The van der Waals surface area contributed by atoms with Crippen molar-refractivity contribution in [1.29, 1.82) is 0 Å². The number of nitrogens with one attached hydrogen (secondary N) is 1. The van der Waals surface area contributed by atoms with Crippen LogP contribution in [0, 0.1) is 5.92 Å². The van der Waals surface area contributed by atoms with Crippen LogP contribution in [0.5, 0.6) is 0 Å². The van der Waals surface area contributed by atoms with E-state index in [1.165, 1.54) is 4.31 Å². The summed E-state index contributed by atoms with van der Waals surface area (Å²) >= 11 is 0. The molecule has 2 rings (SSSR count). The largest absolute Gasteiger partial charge is 0.396 e. The first-order valence-electron chi connectivity index (χ1n) is 7.39. The summed E-state index contributed by atoms with van der Waals surface area (Å²) in [6.45, 7) is 3.60. The zero-order chi connectivity index (χ0) is 15.3. The standard InChI is InChI=1S/C14H23N3O3S/c1-2-7-15-14-13(6-3-8-16-14)21(19,20)17-9-4-5-12(10-17)11-18/h3,6,8,12,18H,2,4-5,7,9-11H2,1H3,(H,15,16). The molecule has 0 saturated carbocycles. The Morgan fingerprint density at radius 1 is 1.52 bits per heavy atom. The molecule has 0 aliphatic carbocycles. The first-order chi connectivity index (χ1) is 10.1. The molecule has 1 fully saturated rings. The summed E-state index contributed by atoms with van der Waals surface area (Å²) in [5.41, 5.74) is 0. The third-order valence-electron chi connectivity index (χ3n) is 3.67. The van der Waals surface area contributed by atoms with Crippen LogP contribution in [0.2, 0.25) is 0 Å². The first-order valence-corrected chi connectivity index (χ1v) is 8.83. The molecule has 1 unspecified atom stereocenters. The number of aromatic nitrogens is 1. The summed E-state index contributed by atoms with van der Waals surface area (Å²) in [6, 6.07) is 3.22. The van der Waals surface area contributed by atoms with E-state index in [0.29, 0.717) is 25.5 Å². The van der Waals surface area contributed by atoms with Crippen molar-refractivity contribution in [2.45, 2.75) is 31.1 Å².